The minimum Gasteiger partial charge on any atom is -0.465 e. The maximum absolute atomic E-state index is 12.1. The summed E-state index contributed by atoms with van der Waals surface area (Å²) in [4.78, 5) is 35.0. The highest BCUT2D eigenvalue weighted by atomic mass is 32.1. The first-order chi connectivity index (χ1) is 10.1. The Kier molecular flexibility index (Phi) is 3.26. The summed E-state index contributed by atoms with van der Waals surface area (Å²) in [5, 5.41) is 2.93. The Morgan fingerprint density at radius 2 is 2.14 bits per heavy atom. The first-order valence-electron chi connectivity index (χ1n) is 6.13. The summed E-state index contributed by atoms with van der Waals surface area (Å²) >= 11 is 1.40. The van der Waals surface area contributed by atoms with Gasteiger partial charge in [-0.15, -0.1) is 11.3 Å². The molecule has 1 aromatic carbocycles. The number of nitrogens with zero attached hydrogens (tertiary/aromatic N) is 2. The fourth-order valence-electron chi connectivity index (χ4n) is 1.95. The van der Waals surface area contributed by atoms with Gasteiger partial charge in [-0.2, -0.15) is 0 Å². The molecule has 0 aliphatic heterocycles. The summed E-state index contributed by atoms with van der Waals surface area (Å²) in [6.07, 6.45) is 0. The first kappa shape index (κ1) is 13.4. The highest BCUT2D eigenvalue weighted by Crippen LogP contribution is 2.21. The summed E-state index contributed by atoms with van der Waals surface area (Å²) in [7, 11) is 1.31. The van der Waals surface area contributed by atoms with Crippen molar-refractivity contribution in [3.8, 4) is 10.8 Å². The van der Waals surface area contributed by atoms with Crippen LogP contribution in [0.1, 0.15) is 16.1 Å². The molecule has 21 heavy (non-hydrogen) atoms. The number of H-pyrrole nitrogens is 1. The number of fused-ring (bicyclic) bond motifs is 1. The van der Waals surface area contributed by atoms with Gasteiger partial charge in [0, 0.05) is 11.1 Å². The zero-order chi connectivity index (χ0) is 15.0. The number of methoxy groups -OCH3 is 1. The van der Waals surface area contributed by atoms with Crippen molar-refractivity contribution in [2.45, 2.75) is 6.92 Å². The fraction of sp³-hybridized carbons (Fsp3) is 0.143. The average molecular weight is 301 g/mol. The quantitative estimate of drug-likeness (QED) is 0.733. The van der Waals surface area contributed by atoms with Crippen molar-refractivity contribution < 1.29 is 9.53 Å². The van der Waals surface area contributed by atoms with E-state index in [4.69, 9.17) is 0 Å². The van der Waals surface area contributed by atoms with Crippen LogP contribution in [0.15, 0.2) is 28.4 Å². The number of ether oxygens (including phenoxy) is 1. The van der Waals surface area contributed by atoms with Crippen molar-refractivity contribution in [3.63, 3.8) is 0 Å². The molecule has 6 nitrogen and oxygen atoms in total. The topological polar surface area (TPSA) is 84.9 Å². The predicted molar refractivity (Wildman–Crippen MR) is 79.5 cm³/mol. The predicted octanol–water partition coefficient (Wildman–Crippen LogP) is 2.14. The summed E-state index contributed by atoms with van der Waals surface area (Å²) in [5.41, 5.74) is 1.38. The number of aryl methyl sites for hydroxylation is 1. The second-order valence-corrected chi connectivity index (χ2v) is 5.29. The average Bonchev–Trinajstić information content (AvgIpc) is 2.92. The van der Waals surface area contributed by atoms with E-state index in [1.807, 2.05) is 12.3 Å². The molecular formula is C14H11N3O3S. The van der Waals surface area contributed by atoms with Crippen LogP contribution in [0.2, 0.25) is 0 Å². The van der Waals surface area contributed by atoms with Crippen molar-refractivity contribution in [3.05, 3.63) is 45.2 Å². The van der Waals surface area contributed by atoms with Gasteiger partial charge in [-0.25, -0.2) is 14.8 Å². The largest absolute Gasteiger partial charge is 0.465 e. The van der Waals surface area contributed by atoms with Crippen LogP contribution in [0, 0.1) is 6.92 Å². The molecule has 0 saturated carbocycles. The van der Waals surface area contributed by atoms with E-state index < -0.39 is 5.97 Å². The molecule has 7 heteroatoms. The van der Waals surface area contributed by atoms with Crippen LogP contribution in [0.25, 0.3) is 21.7 Å². The number of hydrogen-bond acceptors (Lipinski definition) is 6. The molecule has 0 unspecified atom stereocenters. The van der Waals surface area contributed by atoms with Gasteiger partial charge in [0.25, 0.3) is 5.56 Å². The van der Waals surface area contributed by atoms with Crippen LogP contribution in [0.5, 0.6) is 0 Å². The van der Waals surface area contributed by atoms with Gasteiger partial charge in [-0.1, -0.05) is 0 Å². The third-order valence-corrected chi connectivity index (χ3v) is 3.92. The minimum absolute atomic E-state index is 0.265. The molecule has 0 fully saturated rings. The summed E-state index contributed by atoms with van der Waals surface area (Å²) in [6, 6.07) is 4.64. The molecule has 0 aliphatic rings. The standard InChI is InChI=1S/C14H11N3O3S/c1-7-6-21-13(15-7)11-16-10-5-8(14(19)20-2)3-4-9(10)12(18)17-11/h3-6H,1-2H3,(H,16,17,18). The summed E-state index contributed by atoms with van der Waals surface area (Å²) in [6.45, 7) is 1.87. The van der Waals surface area contributed by atoms with Crippen LogP contribution in [-0.4, -0.2) is 28.0 Å². The summed E-state index contributed by atoms with van der Waals surface area (Å²) in [5.74, 6) is -0.0711. The van der Waals surface area contributed by atoms with E-state index in [1.54, 1.807) is 12.1 Å². The lowest BCUT2D eigenvalue weighted by molar-refractivity contribution is 0.0601. The van der Waals surface area contributed by atoms with Gasteiger partial charge >= 0.3 is 5.97 Å². The normalized spacial score (nSPS) is 10.8. The van der Waals surface area contributed by atoms with Crippen molar-refractivity contribution >= 4 is 28.2 Å². The van der Waals surface area contributed by atoms with E-state index in [0.717, 1.165) is 5.69 Å². The van der Waals surface area contributed by atoms with Crippen molar-refractivity contribution in [1.82, 2.24) is 15.0 Å². The number of nitrogens with one attached hydrogen (secondary N) is 1. The Morgan fingerprint density at radius 1 is 1.33 bits per heavy atom. The number of carbonyl (C=O) groups is 1. The minimum atomic E-state index is -0.467. The van der Waals surface area contributed by atoms with Crippen LogP contribution < -0.4 is 5.56 Å². The van der Waals surface area contributed by atoms with Gasteiger partial charge in [-0.3, -0.25) is 4.79 Å². The van der Waals surface area contributed by atoms with E-state index in [2.05, 4.69) is 19.7 Å². The molecular weight excluding hydrogens is 290 g/mol. The number of benzene rings is 1. The monoisotopic (exact) mass is 301 g/mol. The number of rotatable bonds is 2. The zero-order valence-corrected chi connectivity index (χ0v) is 12.2. The van der Waals surface area contributed by atoms with E-state index in [9.17, 15) is 9.59 Å². The van der Waals surface area contributed by atoms with Crippen LogP contribution in [0.3, 0.4) is 0 Å². The Labute approximate surface area is 123 Å². The smallest absolute Gasteiger partial charge is 0.337 e. The van der Waals surface area contributed by atoms with E-state index in [-0.39, 0.29) is 5.56 Å². The lowest BCUT2D eigenvalue weighted by atomic mass is 10.1. The van der Waals surface area contributed by atoms with Crippen molar-refractivity contribution in [2.24, 2.45) is 0 Å². The molecule has 0 radical (unpaired) electrons. The molecule has 0 atom stereocenters. The number of esters is 1. The molecule has 3 aromatic rings. The van der Waals surface area contributed by atoms with Gasteiger partial charge in [0.2, 0.25) is 0 Å². The number of aromatic amines is 1. The van der Waals surface area contributed by atoms with E-state index in [0.29, 0.717) is 27.3 Å². The van der Waals surface area contributed by atoms with Crippen LogP contribution in [-0.2, 0) is 4.74 Å². The Morgan fingerprint density at radius 3 is 2.81 bits per heavy atom. The first-order valence-corrected chi connectivity index (χ1v) is 7.01. The SMILES string of the molecule is COC(=O)c1ccc2c(=O)[nH]c(-c3nc(C)cs3)nc2c1. The molecule has 2 aromatic heterocycles. The van der Waals surface area contributed by atoms with Crippen LogP contribution >= 0.6 is 11.3 Å². The zero-order valence-electron chi connectivity index (χ0n) is 11.3. The third kappa shape index (κ3) is 2.43. The number of aromatic nitrogens is 3. The number of carbonyl (C=O) groups excluding carboxylic acids is 1. The third-order valence-electron chi connectivity index (χ3n) is 2.95. The number of thiazole rings is 1. The molecule has 1 N–H and O–H groups in total. The molecule has 0 amide bonds. The Hall–Kier alpha value is -2.54. The summed E-state index contributed by atoms with van der Waals surface area (Å²) < 4.78 is 4.67. The van der Waals surface area contributed by atoms with Gasteiger partial charge in [0.15, 0.2) is 10.8 Å². The maximum Gasteiger partial charge on any atom is 0.337 e. The van der Waals surface area contributed by atoms with E-state index >= 15 is 0 Å². The van der Waals surface area contributed by atoms with Crippen molar-refractivity contribution in [1.29, 1.82) is 0 Å². The van der Waals surface area contributed by atoms with Gasteiger partial charge in [0.05, 0.1) is 23.6 Å². The molecule has 0 bridgehead atoms. The second-order valence-electron chi connectivity index (χ2n) is 4.43. The van der Waals surface area contributed by atoms with Gasteiger partial charge in [-0.05, 0) is 25.1 Å². The van der Waals surface area contributed by atoms with E-state index in [1.165, 1.54) is 24.5 Å². The van der Waals surface area contributed by atoms with Crippen molar-refractivity contribution in [2.75, 3.05) is 7.11 Å². The molecule has 106 valence electrons. The van der Waals surface area contributed by atoms with Gasteiger partial charge in [0.1, 0.15) is 0 Å². The molecule has 0 saturated heterocycles. The fourth-order valence-corrected chi connectivity index (χ4v) is 2.69. The molecule has 0 spiro atoms. The lowest BCUT2D eigenvalue weighted by Crippen LogP contribution is -2.10. The highest BCUT2D eigenvalue weighted by molar-refractivity contribution is 7.13. The number of hydrogen-bond donors (Lipinski definition) is 1. The lowest BCUT2D eigenvalue weighted by Gasteiger charge is -2.03. The highest BCUT2D eigenvalue weighted by Gasteiger charge is 2.12. The van der Waals surface area contributed by atoms with Gasteiger partial charge < -0.3 is 9.72 Å². The maximum atomic E-state index is 12.1. The molecule has 2 heterocycles. The second kappa shape index (κ2) is 5.10. The molecule has 3 rings (SSSR count). The Balaban J connectivity index is 2.21. The van der Waals surface area contributed by atoms with Crippen LogP contribution in [0.4, 0.5) is 0 Å². The molecule has 0 aliphatic carbocycles. The Bertz CT molecular complexity index is 898.